The van der Waals surface area contributed by atoms with Crippen molar-refractivity contribution in [1.29, 1.82) is 0 Å². The van der Waals surface area contributed by atoms with E-state index < -0.39 is 0 Å². The number of hydrogen-bond acceptors (Lipinski definition) is 8. The molecular formula is C116H70N4S4. The lowest BCUT2D eigenvalue weighted by atomic mass is 9.92. The molecule has 24 aromatic rings. The van der Waals surface area contributed by atoms with E-state index in [1.165, 1.54) is 114 Å². The second kappa shape index (κ2) is 30.6. The summed E-state index contributed by atoms with van der Waals surface area (Å²) < 4.78 is 10.1. The third-order valence-corrected chi connectivity index (χ3v) is 29.1. The minimum absolute atomic E-state index is 0.671. The fourth-order valence-electron chi connectivity index (χ4n) is 18.1. The van der Waals surface area contributed by atoms with E-state index in [9.17, 15) is 0 Å². The fraction of sp³-hybridized carbons (Fsp3) is 0. The summed E-state index contributed by atoms with van der Waals surface area (Å²) in [6.45, 7) is 0. The Balaban J connectivity index is 0.575. The summed E-state index contributed by atoms with van der Waals surface area (Å²) in [6, 6.07) is 155. The van der Waals surface area contributed by atoms with Crippen LogP contribution in [0.1, 0.15) is 0 Å². The van der Waals surface area contributed by atoms with Crippen LogP contribution in [0.2, 0.25) is 0 Å². The first-order chi connectivity index (χ1) is 61.3. The second-order valence-electron chi connectivity index (χ2n) is 31.9. The van der Waals surface area contributed by atoms with Crippen molar-refractivity contribution in [1.82, 2.24) is 19.9 Å². The van der Waals surface area contributed by atoms with Crippen molar-refractivity contribution < 1.29 is 0 Å². The first-order valence-corrected chi connectivity index (χ1v) is 45.1. The van der Waals surface area contributed by atoms with Gasteiger partial charge in [-0.1, -0.05) is 315 Å². The number of aromatic nitrogens is 4. The SMILES string of the molecule is c1ccc(-c2cccc(-c3ccc(-c4cc(-c5cc(-c6cccc7c6sc6ccccc67)cc(-c6cccc7c6sc6cc(-c8ccccc8-c8cccc(-c9ccc(-c%10cc(-c%11cc(-c%12ccc%13sc%14ccccc%14c%13c%12)cc(-c%12ccc%13sc%14ccccc%14c%13c%12)c%11)nc(-c%11ccccc%11)n%10)cc9)c8)ccc67)c5)nc(-c5ccccc5)n4)cc3)c2)cc1. The largest absolute Gasteiger partial charge is 0.228 e. The molecule has 0 fully saturated rings. The van der Waals surface area contributed by atoms with Gasteiger partial charge in [0.1, 0.15) is 0 Å². The van der Waals surface area contributed by atoms with Crippen LogP contribution in [0.25, 0.3) is 249 Å². The maximum absolute atomic E-state index is 5.51. The van der Waals surface area contributed by atoms with Gasteiger partial charge in [-0.05, 0) is 209 Å². The maximum atomic E-state index is 5.51. The zero-order valence-corrected chi connectivity index (χ0v) is 70.1. The molecule has 0 saturated carbocycles. The molecule has 0 amide bonds. The quantitative estimate of drug-likeness (QED) is 0.103. The lowest BCUT2D eigenvalue weighted by molar-refractivity contribution is 1.18. The molecule has 18 aromatic carbocycles. The summed E-state index contributed by atoms with van der Waals surface area (Å²) in [4.78, 5) is 21.7. The third-order valence-electron chi connectivity index (χ3n) is 24.3. The van der Waals surface area contributed by atoms with E-state index >= 15 is 0 Å². The fourth-order valence-corrected chi connectivity index (χ4v) is 22.8. The van der Waals surface area contributed by atoms with Gasteiger partial charge in [0.05, 0.1) is 22.8 Å². The monoisotopic (exact) mass is 1650 g/mol. The molecule has 0 bridgehead atoms. The van der Waals surface area contributed by atoms with E-state index in [1.807, 2.05) is 51.4 Å². The van der Waals surface area contributed by atoms with Crippen molar-refractivity contribution in [3.05, 3.63) is 425 Å². The Labute approximate surface area is 732 Å². The smallest absolute Gasteiger partial charge is 0.160 e. The highest BCUT2D eigenvalue weighted by Gasteiger charge is 2.23. The molecule has 24 rings (SSSR count). The molecule has 0 atom stereocenters. The van der Waals surface area contributed by atoms with Crippen LogP contribution in [0, 0.1) is 0 Å². The average molecular weight is 1650 g/mol. The van der Waals surface area contributed by atoms with Crippen molar-refractivity contribution in [2.75, 3.05) is 0 Å². The highest BCUT2D eigenvalue weighted by atomic mass is 32.1. The molecule has 6 aromatic heterocycles. The van der Waals surface area contributed by atoms with E-state index in [4.69, 9.17) is 19.9 Å². The highest BCUT2D eigenvalue weighted by molar-refractivity contribution is 7.27. The summed E-state index contributed by atoms with van der Waals surface area (Å²) in [5.41, 5.74) is 30.1. The third kappa shape index (κ3) is 13.4. The summed E-state index contributed by atoms with van der Waals surface area (Å²) in [5, 5.41) is 10.1. The number of benzene rings is 18. The predicted molar refractivity (Wildman–Crippen MR) is 531 cm³/mol. The van der Waals surface area contributed by atoms with E-state index in [1.54, 1.807) is 0 Å². The Bertz CT molecular complexity index is 8220. The van der Waals surface area contributed by atoms with E-state index in [0.29, 0.717) is 11.6 Å². The molecular weight excluding hydrogens is 1580 g/mol. The molecule has 0 aliphatic carbocycles. The Morgan fingerprint density at radius 1 is 0.129 bits per heavy atom. The van der Waals surface area contributed by atoms with Crippen molar-refractivity contribution in [3.63, 3.8) is 0 Å². The molecule has 0 N–H and O–H groups in total. The summed E-state index contributed by atoms with van der Waals surface area (Å²) in [7, 11) is 0. The molecule has 8 heteroatoms. The van der Waals surface area contributed by atoms with Crippen LogP contribution in [0.15, 0.2) is 425 Å². The van der Waals surface area contributed by atoms with E-state index in [-0.39, 0.29) is 0 Å². The van der Waals surface area contributed by atoms with Crippen LogP contribution >= 0.6 is 45.3 Å². The zero-order chi connectivity index (χ0) is 81.7. The van der Waals surface area contributed by atoms with Crippen LogP contribution in [0.4, 0.5) is 0 Å². The second-order valence-corrected chi connectivity index (χ2v) is 36.1. The summed E-state index contributed by atoms with van der Waals surface area (Å²) in [6.07, 6.45) is 0. The Kier molecular flexibility index (Phi) is 18.0. The number of hydrogen-bond donors (Lipinski definition) is 0. The number of nitrogens with zero attached hydrogens (tertiary/aromatic N) is 4. The van der Waals surface area contributed by atoms with Crippen LogP contribution in [-0.2, 0) is 0 Å². The van der Waals surface area contributed by atoms with Gasteiger partial charge in [0.25, 0.3) is 0 Å². The number of rotatable bonds is 15. The van der Waals surface area contributed by atoms with E-state index in [2.05, 4.69) is 419 Å². The molecule has 0 spiro atoms. The first kappa shape index (κ1) is 73.0. The van der Waals surface area contributed by atoms with Gasteiger partial charge >= 0.3 is 0 Å². The van der Waals surface area contributed by atoms with Gasteiger partial charge in [0, 0.05) is 114 Å². The Hall–Kier alpha value is -15.0. The minimum atomic E-state index is 0.671. The van der Waals surface area contributed by atoms with Gasteiger partial charge in [-0.2, -0.15) is 0 Å². The molecule has 6 heterocycles. The van der Waals surface area contributed by atoms with Crippen molar-refractivity contribution in [2.24, 2.45) is 0 Å². The highest BCUT2D eigenvalue weighted by Crippen LogP contribution is 2.49. The molecule has 0 saturated heterocycles. The Morgan fingerprint density at radius 2 is 0.411 bits per heavy atom. The molecule has 0 unspecified atom stereocenters. The normalized spacial score (nSPS) is 11.7. The average Bonchev–Trinajstić information content (AvgIpc) is 0.999. The van der Waals surface area contributed by atoms with Gasteiger partial charge in [-0.3, -0.25) is 0 Å². The van der Waals surface area contributed by atoms with Crippen molar-refractivity contribution in [2.45, 2.75) is 0 Å². The summed E-state index contributed by atoms with van der Waals surface area (Å²) >= 11 is 7.43. The van der Waals surface area contributed by atoms with Gasteiger partial charge in [0.15, 0.2) is 11.6 Å². The van der Waals surface area contributed by atoms with Crippen LogP contribution in [0.5, 0.6) is 0 Å². The standard InChI is InChI=1S/C116H70N4S4/c1-4-22-71(23-5-1)78-28-18-29-79(58-78)72-44-48-74(49-45-72)104-70-106(120-116(118-104)77-26-8-3-9-27-77)90-64-87(93-37-20-39-99-95-34-12-17-43-109(95)123-113(93)99)63-88(65-90)94-38-21-40-100-98-55-52-84(68-112(98)124-114(94)100)92-33-11-10-32-91(92)83-31-19-30-80(59-83)73-46-50-75(51-47-73)103-69-105(119-115(117-103)76-24-6-2-7-25-76)89-61-85(81-53-56-110-101(66-81)96-35-13-15-41-107(96)121-110)60-86(62-89)82-54-57-111-102(67-82)97-36-14-16-42-108(97)122-111/h1-70H. The van der Waals surface area contributed by atoms with Gasteiger partial charge < -0.3 is 0 Å². The summed E-state index contributed by atoms with van der Waals surface area (Å²) in [5.74, 6) is 1.34. The van der Waals surface area contributed by atoms with Gasteiger partial charge in [0.2, 0.25) is 0 Å². The molecule has 0 aliphatic heterocycles. The lowest BCUT2D eigenvalue weighted by Crippen LogP contribution is -1.96. The van der Waals surface area contributed by atoms with E-state index in [0.717, 1.165) is 123 Å². The number of fused-ring (bicyclic) bond motifs is 12. The topological polar surface area (TPSA) is 51.6 Å². The van der Waals surface area contributed by atoms with Crippen molar-refractivity contribution in [3.8, 4) is 168 Å². The molecule has 4 nitrogen and oxygen atoms in total. The van der Waals surface area contributed by atoms with Gasteiger partial charge in [-0.15, -0.1) is 45.3 Å². The first-order valence-electron chi connectivity index (χ1n) is 41.8. The van der Waals surface area contributed by atoms with Crippen LogP contribution < -0.4 is 0 Å². The maximum Gasteiger partial charge on any atom is 0.160 e. The van der Waals surface area contributed by atoms with Crippen molar-refractivity contribution >= 4 is 126 Å². The van der Waals surface area contributed by atoms with Crippen LogP contribution in [-0.4, -0.2) is 19.9 Å². The molecule has 0 aliphatic rings. The molecule has 0 radical (unpaired) electrons. The number of thiophene rings is 4. The zero-order valence-electron chi connectivity index (χ0n) is 66.8. The van der Waals surface area contributed by atoms with Gasteiger partial charge in [-0.25, -0.2) is 19.9 Å². The Morgan fingerprint density at radius 3 is 0.903 bits per heavy atom. The molecule has 124 heavy (non-hydrogen) atoms. The minimum Gasteiger partial charge on any atom is -0.228 e. The predicted octanol–water partition coefficient (Wildman–Crippen LogP) is 33.7. The lowest BCUT2D eigenvalue weighted by Gasteiger charge is -2.14. The molecule has 578 valence electrons. The van der Waals surface area contributed by atoms with Crippen LogP contribution in [0.3, 0.4) is 0 Å².